The number of halogens is 5. The van der Waals surface area contributed by atoms with E-state index in [1.807, 2.05) is 0 Å². The number of hydrogen-bond acceptors (Lipinski definition) is 5. The molecule has 178 valence electrons. The van der Waals surface area contributed by atoms with Crippen LogP contribution in [0.15, 0.2) is 0 Å². The van der Waals surface area contributed by atoms with Crippen LogP contribution in [0.2, 0.25) is 6.04 Å². The largest absolute Gasteiger partial charge is 0.500 e. The first-order valence-corrected chi connectivity index (χ1v) is 12.0. The van der Waals surface area contributed by atoms with Gasteiger partial charge in [0.1, 0.15) is 0 Å². The van der Waals surface area contributed by atoms with Crippen LogP contribution in [-0.2, 0) is 18.1 Å². The molecule has 0 spiro atoms. The van der Waals surface area contributed by atoms with Gasteiger partial charge in [0.05, 0.1) is 0 Å². The summed E-state index contributed by atoms with van der Waals surface area (Å²) in [6.07, 6.45) is 6.68. The van der Waals surface area contributed by atoms with Gasteiger partial charge in [-0.15, -0.1) is 0 Å². The smallest absolute Gasteiger partial charge is 0.420 e. The van der Waals surface area contributed by atoms with Gasteiger partial charge in [-0.05, 0) is 12.8 Å². The van der Waals surface area contributed by atoms with Gasteiger partial charge in [-0.1, -0.05) is 38.5 Å². The molecule has 0 radical (unpaired) electrons. The van der Waals surface area contributed by atoms with E-state index in [0.717, 1.165) is 44.6 Å². The zero-order valence-corrected chi connectivity index (χ0v) is 19.0. The lowest BCUT2D eigenvalue weighted by molar-refractivity contribution is -0.135. The third-order valence-electron chi connectivity index (χ3n) is 4.93. The quantitative estimate of drug-likeness (QED) is 0.0626. The van der Waals surface area contributed by atoms with Crippen LogP contribution in [0.1, 0.15) is 57.8 Å². The number of benzene rings is 1. The lowest BCUT2D eigenvalue weighted by atomic mass is 10.1. The molecule has 0 amide bonds. The van der Waals surface area contributed by atoms with Crippen molar-refractivity contribution >= 4 is 14.8 Å². The first-order valence-electron chi connectivity index (χ1n) is 10.1. The predicted molar refractivity (Wildman–Crippen MR) is 105 cm³/mol. The molecule has 0 aliphatic heterocycles. The van der Waals surface area contributed by atoms with E-state index in [-0.39, 0.29) is 6.42 Å². The highest BCUT2D eigenvalue weighted by Crippen LogP contribution is 2.29. The number of carbonyl (C=O) groups is 1. The van der Waals surface area contributed by atoms with Gasteiger partial charge in [0, 0.05) is 33.8 Å². The van der Waals surface area contributed by atoms with Gasteiger partial charge in [-0.25, -0.2) is 13.2 Å². The van der Waals surface area contributed by atoms with E-state index in [4.69, 9.17) is 13.3 Å². The minimum atomic E-state index is -2.51. The number of carbonyl (C=O) groups excluding carboxylic acids is 1. The van der Waals surface area contributed by atoms with Gasteiger partial charge in [0.15, 0.2) is 0 Å². The Labute approximate surface area is 180 Å². The fraction of sp³-hybridized carbons (Fsp3) is 0.650. The van der Waals surface area contributed by atoms with Crippen molar-refractivity contribution in [2.24, 2.45) is 0 Å². The Kier molecular flexibility index (Phi) is 12.2. The summed E-state index contributed by atoms with van der Waals surface area (Å²) in [5, 5.41) is 0. The third kappa shape index (κ3) is 8.13. The van der Waals surface area contributed by atoms with Gasteiger partial charge < -0.3 is 18.0 Å². The second kappa shape index (κ2) is 13.8. The Morgan fingerprint density at radius 2 is 1.03 bits per heavy atom. The molecule has 1 rings (SSSR count). The second-order valence-electron chi connectivity index (χ2n) is 7.00. The maximum absolute atomic E-state index is 13.5. The molecule has 0 N–H and O–H groups in total. The summed E-state index contributed by atoms with van der Waals surface area (Å²) in [4.78, 5) is 11.7. The SMILES string of the molecule is CO[Si](CCCCCCCCCCC(=O)Oc1c(F)c(F)c(F)c(F)c1F)(OC)OC. The van der Waals surface area contributed by atoms with Crippen molar-refractivity contribution in [1.82, 2.24) is 0 Å². The molecule has 11 heteroatoms. The average molecular weight is 473 g/mol. The maximum Gasteiger partial charge on any atom is 0.500 e. The summed E-state index contributed by atoms with van der Waals surface area (Å²) in [7, 11) is 2.23. The molecule has 0 atom stereocenters. The highest BCUT2D eigenvalue weighted by Gasteiger charge is 2.36. The molecular formula is C20H29F5O5Si. The van der Waals surface area contributed by atoms with Gasteiger partial charge in [-0.3, -0.25) is 4.79 Å². The Morgan fingerprint density at radius 1 is 0.645 bits per heavy atom. The fourth-order valence-electron chi connectivity index (χ4n) is 3.07. The maximum atomic E-state index is 13.5. The molecule has 0 aliphatic rings. The van der Waals surface area contributed by atoms with Crippen molar-refractivity contribution in [2.75, 3.05) is 21.3 Å². The van der Waals surface area contributed by atoms with Crippen LogP contribution in [0.25, 0.3) is 0 Å². The van der Waals surface area contributed by atoms with Gasteiger partial charge >= 0.3 is 14.8 Å². The first-order chi connectivity index (χ1) is 14.7. The van der Waals surface area contributed by atoms with E-state index in [1.54, 1.807) is 21.3 Å². The zero-order chi connectivity index (χ0) is 23.4. The van der Waals surface area contributed by atoms with E-state index in [0.29, 0.717) is 12.8 Å². The molecule has 0 aromatic heterocycles. The molecule has 5 nitrogen and oxygen atoms in total. The van der Waals surface area contributed by atoms with Crippen LogP contribution in [0, 0.1) is 29.1 Å². The molecule has 1 aromatic carbocycles. The highest BCUT2D eigenvalue weighted by atomic mass is 28.4. The molecule has 0 heterocycles. The van der Waals surface area contributed by atoms with Crippen LogP contribution in [0.3, 0.4) is 0 Å². The van der Waals surface area contributed by atoms with E-state index in [2.05, 4.69) is 4.74 Å². The predicted octanol–water partition coefficient (Wildman–Crippen LogP) is 5.68. The Balaban J connectivity index is 2.20. The first kappa shape index (κ1) is 27.5. The van der Waals surface area contributed by atoms with E-state index in [1.165, 1.54) is 0 Å². The van der Waals surface area contributed by atoms with Crippen LogP contribution in [0.5, 0.6) is 5.75 Å². The number of rotatable bonds is 15. The lowest BCUT2D eigenvalue weighted by Gasteiger charge is -2.24. The molecule has 0 fully saturated rings. The molecule has 0 unspecified atom stereocenters. The summed E-state index contributed by atoms with van der Waals surface area (Å²) in [5.74, 6) is -13.5. The third-order valence-corrected chi connectivity index (χ3v) is 7.76. The monoisotopic (exact) mass is 472 g/mol. The van der Waals surface area contributed by atoms with Crippen molar-refractivity contribution < 1.29 is 44.8 Å². The van der Waals surface area contributed by atoms with Crippen LogP contribution >= 0.6 is 0 Å². The highest BCUT2D eigenvalue weighted by molar-refractivity contribution is 6.60. The van der Waals surface area contributed by atoms with E-state index >= 15 is 0 Å². The van der Waals surface area contributed by atoms with Gasteiger partial charge in [0.2, 0.25) is 34.8 Å². The number of ether oxygens (including phenoxy) is 1. The zero-order valence-electron chi connectivity index (χ0n) is 18.0. The normalized spacial score (nSPS) is 11.7. The second-order valence-corrected chi connectivity index (χ2v) is 10.1. The Bertz CT molecular complexity index is 678. The van der Waals surface area contributed by atoms with Crippen molar-refractivity contribution in [3.05, 3.63) is 29.1 Å². The van der Waals surface area contributed by atoms with Crippen molar-refractivity contribution in [3.63, 3.8) is 0 Å². The minimum absolute atomic E-state index is 0.183. The van der Waals surface area contributed by atoms with E-state index < -0.39 is 49.6 Å². The topological polar surface area (TPSA) is 54.0 Å². The number of unbranched alkanes of at least 4 members (excludes halogenated alkanes) is 7. The molecule has 0 saturated heterocycles. The summed E-state index contributed by atoms with van der Waals surface area (Å²) in [5.41, 5.74) is 0. The molecule has 1 aromatic rings. The lowest BCUT2D eigenvalue weighted by Crippen LogP contribution is -2.42. The average Bonchev–Trinajstić information content (AvgIpc) is 2.78. The van der Waals surface area contributed by atoms with Gasteiger partial charge in [0.25, 0.3) is 0 Å². The Morgan fingerprint density at radius 3 is 1.48 bits per heavy atom. The van der Waals surface area contributed by atoms with Crippen LogP contribution in [-0.4, -0.2) is 36.1 Å². The van der Waals surface area contributed by atoms with Gasteiger partial charge in [-0.2, -0.15) is 8.78 Å². The molecule has 0 bridgehead atoms. The minimum Gasteiger partial charge on any atom is -0.420 e. The molecule has 0 saturated carbocycles. The van der Waals surface area contributed by atoms with Crippen molar-refractivity contribution in [2.45, 2.75) is 63.8 Å². The van der Waals surface area contributed by atoms with Crippen molar-refractivity contribution in [1.29, 1.82) is 0 Å². The summed E-state index contributed by atoms with van der Waals surface area (Å²) in [6, 6.07) is 0.752. The summed E-state index contributed by atoms with van der Waals surface area (Å²) in [6.45, 7) is 0. The Hall–Kier alpha value is -1.56. The molecule has 0 aliphatic carbocycles. The number of hydrogen-bond donors (Lipinski definition) is 0. The molecule has 31 heavy (non-hydrogen) atoms. The van der Waals surface area contributed by atoms with Crippen LogP contribution in [0.4, 0.5) is 22.0 Å². The standard InChI is InChI=1S/C20H29F5O5Si/c1-27-31(28-2,29-3)13-11-9-7-5-4-6-8-10-12-14(26)30-20-18(24)16(22)15(21)17(23)19(20)25/h4-13H2,1-3H3. The van der Waals surface area contributed by atoms with Crippen LogP contribution < -0.4 is 4.74 Å². The number of esters is 1. The molecular weight excluding hydrogens is 443 g/mol. The van der Waals surface area contributed by atoms with E-state index in [9.17, 15) is 26.7 Å². The fourth-order valence-corrected chi connectivity index (χ4v) is 4.86. The summed E-state index contributed by atoms with van der Waals surface area (Å²) >= 11 is 0. The van der Waals surface area contributed by atoms with Crippen molar-refractivity contribution in [3.8, 4) is 5.75 Å². The summed E-state index contributed by atoms with van der Waals surface area (Å²) < 4.78 is 86.6.